The summed E-state index contributed by atoms with van der Waals surface area (Å²) in [6.45, 7) is 0.727. The van der Waals surface area contributed by atoms with E-state index < -0.39 is 0 Å². The highest BCUT2D eigenvalue weighted by Gasteiger charge is 2.34. The summed E-state index contributed by atoms with van der Waals surface area (Å²) in [5.41, 5.74) is 0.913. The zero-order chi connectivity index (χ0) is 14.8. The van der Waals surface area contributed by atoms with E-state index in [0.717, 1.165) is 24.9 Å². The number of carbonyl (C=O) groups is 1. The number of hydrogen-bond acceptors (Lipinski definition) is 4. The number of amides is 2. The normalized spacial score (nSPS) is 18.0. The van der Waals surface area contributed by atoms with Gasteiger partial charge in [0.2, 0.25) is 11.7 Å². The number of urea groups is 1. The third-order valence-corrected chi connectivity index (χ3v) is 3.64. The molecule has 0 bridgehead atoms. The third kappa shape index (κ3) is 2.61. The second-order valence-corrected chi connectivity index (χ2v) is 5.35. The van der Waals surface area contributed by atoms with Gasteiger partial charge in [0.25, 0.3) is 0 Å². The SMILES string of the molecule is CN(C)C(=O)N1CCCC1c1nc(-c2ccccc2)no1. The maximum atomic E-state index is 12.2. The fraction of sp³-hybridized carbons (Fsp3) is 0.400. The summed E-state index contributed by atoms with van der Waals surface area (Å²) in [6.07, 6.45) is 1.81. The Labute approximate surface area is 123 Å². The van der Waals surface area contributed by atoms with Gasteiger partial charge >= 0.3 is 6.03 Å². The first kappa shape index (κ1) is 13.6. The molecule has 1 atom stereocenters. The van der Waals surface area contributed by atoms with Gasteiger partial charge in [-0.15, -0.1) is 0 Å². The van der Waals surface area contributed by atoms with E-state index in [2.05, 4.69) is 10.1 Å². The van der Waals surface area contributed by atoms with E-state index in [1.54, 1.807) is 23.9 Å². The molecule has 1 aliphatic rings. The molecule has 1 fully saturated rings. The summed E-state index contributed by atoms with van der Waals surface area (Å²) >= 11 is 0. The van der Waals surface area contributed by atoms with E-state index in [0.29, 0.717) is 11.7 Å². The Balaban J connectivity index is 1.84. The summed E-state index contributed by atoms with van der Waals surface area (Å²) in [6, 6.07) is 9.55. The van der Waals surface area contributed by atoms with E-state index >= 15 is 0 Å². The largest absolute Gasteiger partial charge is 0.337 e. The smallest absolute Gasteiger partial charge is 0.320 e. The Hall–Kier alpha value is -2.37. The van der Waals surface area contributed by atoms with Crippen molar-refractivity contribution >= 4 is 6.03 Å². The van der Waals surface area contributed by atoms with Gasteiger partial charge in [0.15, 0.2) is 0 Å². The van der Waals surface area contributed by atoms with Crippen LogP contribution >= 0.6 is 0 Å². The van der Waals surface area contributed by atoms with Crippen LogP contribution in [0, 0.1) is 0 Å². The fourth-order valence-corrected chi connectivity index (χ4v) is 2.58. The van der Waals surface area contributed by atoms with Crippen LogP contribution in [-0.2, 0) is 0 Å². The summed E-state index contributed by atoms with van der Waals surface area (Å²) in [5, 5.41) is 4.03. The van der Waals surface area contributed by atoms with Crippen LogP contribution < -0.4 is 0 Å². The molecule has 21 heavy (non-hydrogen) atoms. The lowest BCUT2D eigenvalue weighted by molar-refractivity contribution is 0.156. The molecule has 6 nitrogen and oxygen atoms in total. The van der Waals surface area contributed by atoms with Gasteiger partial charge in [0.1, 0.15) is 6.04 Å². The average molecular weight is 286 g/mol. The molecule has 0 radical (unpaired) electrons. The zero-order valence-electron chi connectivity index (χ0n) is 12.2. The number of benzene rings is 1. The Bertz CT molecular complexity index is 624. The number of hydrogen-bond donors (Lipinski definition) is 0. The molecule has 110 valence electrons. The highest BCUT2D eigenvalue weighted by atomic mass is 16.5. The molecule has 1 aromatic carbocycles. The van der Waals surface area contributed by atoms with Gasteiger partial charge in [0, 0.05) is 26.2 Å². The molecule has 0 aliphatic carbocycles. The fourth-order valence-electron chi connectivity index (χ4n) is 2.58. The van der Waals surface area contributed by atoms with Crippen LogP contribution in [0.4, 0.5) is 4.79 Å². The van der Waals surface area contributed by atoms with Crippen molar-refractivity contribution in [2.45, 2.75) is 18.9 Å². The predicted octanol–water partition coefficient (Wildman–Crippen LogP) is 2.56. The molecule has 1 unspecified atom stereocenters. The molecule has 2 aromatic rings. The highest BCUT2D eigenvalue weighted by Crippen LogP contribution is 2.32. The molecule has 6 heteroatoms. The maximum Gasteiger partial charge on any atom is 0.320 e. The molecule has 1 aromatic heterocycles. The van der Waals surface area contributed by atoms with Crippen LogP contribution in [-0.4, -0.2) is 46.6 Å². The molecule has 0 N–H and O–H groups in total. The second-order valence-electron chi connectivity index (χ2n) is 5.35. The van der Waals surface area contributed by atoms with E-state index in [-0.39, 0.29) is 12.1 Å². The van der Waals surface area contributed by atoms with Gasteiger partial charge in [-0.1, -0.05) is 35.5 Å². The Morgan fingerprint density at radius 1 is 1.33 bits per heavy atom. The summed E-state index contributed by atoms with van der Waals surface area (Å²) < 4.78 is 5.39. The average Bonchev–Trinajstić information content (AvgIpc) is 3.16. The van der Waals surface area contributed by atoms with E-state index in [1.165, 1.54) is 0 Å². The number of rotatable bonds is 2. The van der Waals surface area contributed by atoms with Gasteiger partial charge in [-0.25, -0.2) is 4.79 Å². The molecule has 1 saturated heterocycles. The van der Waals surface area contributed by atoms with Crippen LogP contribution in [0.15, 0.2) is 34.9 Å². The van der Waals surface area contributed by atoms with Crippen molar-refractivity contribution in [2.75, 3.05) is 20.6 Å². The van der Waals surface area contributed by atoms with Crippen molar-refractivity contribution < 1.29 is 9.32 Å². The standard InChI is InChI=1S/C15H18N4O2/c1-18(2)15(20)19-10-6-9-12(19)14-16-13(17-21-14)11-7-4-3-5-8-11/h3-5,7-8,12H,6,9-10H2,1-2H3. The predicted molar refractivity (Wildman–Crippen MR) is 77.5 cm³/mol. The van der Waals surface area contributed by atoms with Crippen molar-refractivity contribution in [2.24, 2.45) is 0 Å². The minimum Gasteiger partial charge on any atom is -0.337 e. The lowest BCUT2D eigenvalue weighted by atomic mass is 10.2. The summed E-state index contributed by atoms with van der Waals surface area (Å²) in [4.78, 5) is 20.0. The third-order valence-electron chi connectivity index (χ3n) is 3.64. The second kappa shape index (κ2) is 5.55. The summed E-state index contributed by atoms with van der Waals surface area (Å²) in [5.74, 6) is 1.08. The molecular weight excluding hydrogens is 268 g/mol. The Morgan fingerprint density at radius 3 is 2.81 bits per heavy atom. The molecule has 0 saturated carbocycles. The van der Waals surface area contributed by atoms with Crippen LogP contribution in [0.5, 0.6) is 0 Å². The molecule has 3 rings (SSSR count). The first-order valence-corrected chi connectivity index (χ1v) is 7.04. The number of likely N-dealkylation sites (tertiary alicyclic amines) is 1. The van der Waals surface area contributed by atoms with E-state index in [4.69, 9.17) is 4.52 Å². The lowest BCUT2D eigenvalue weighted by Gasteiger charge is -2.25. The van der Waals surface area contributed by atoms with Gasteiger partial charge in [-0.2, -0.15) is 4.98 Å². The highest BCUT2D eigenvalue weighted by molar-refractivity contribution is 5.74. The molecule has 0 spiro atoms. The van der Waals surface area contributed by atoms with Gasteiger partial charge in [0.05, 0.1) is 0 Å². The number of aromatic nitrogens is 2. The topological polar surface area (TPSA) is 62.5 Å². The summed E-state index contributed by atoms with van der Waals surface area (Å²) in [7, 11) is 3.50. The zero-order valence-corrected chi connectivity index (χ0v) is 12.2. The van der Waals surface area contributed by atoms with Gasteiger partial charge in [-0.05, 0) is 12.8 Å². The van der Waals surface area contributed by atoms with Crippen LogP contribution in [0.1, 0.15) is 24.8 Å². The van der Waals surface area contributed by atoms with Crippen molar-refractivity contribution in [3.8, 4) is 11.4 Å². The molecule has 2 amide bonds. The Kier molecular flexibility index (Phi) is 3.60. The van der Waals surface area contributed by atoms with Crippen molar-refractivity contribution in [3.63, 3.8) is 0 Å². The van der Waals surface area contributed by atoms with Crippen LogP contribution in [0.3, 0.4) is 0 Å². The van der Waals surface area contributed by atoms with Crippen molar-refractivity contribution in [3.05, 3.63) is 36.2 Å². The van der Waals surface area contributed by atoms with Gasteiger partial charge in [-0.3, -0.25) is 0 Å². The molecular formula is C15H18N4O2. The maximum absolute atomic E-state index is 12.2. The first-order chi connectivity index (χ1) is 10.2. The number of carbonyl (C=O) groups excluding carboxylic acids is 1. The van der Waals surface area contributed by atoms with Crippen LogP contribution in [0.2, 0.25) is 0 Å². The van der Waals surface area contributed by atoms with E-state index in [1.807, 2.05) is 30.3 Å². The van der Waals surface area contributed by atoms with E-state index in [9.17, 15) is 4.79 Å². The van der Waals surface area contributed by atoms with Gasteiger partial charge < -0.3 is 14.3 Å². The molecule has 2 heterocycles. The Morgan fingerprint density at radius 2 is 2.10 bits per heavy atom. The quantitative estimate of drug-likeness (QED) is 0.851. The number of nitrogens with zero attached hydrogens (tertiary/aromatic N) is 4. The monoisotopic (exact) mass is 286 g/mol. The van der Waals surface area contributed by atoms with Crippen molar-refractivity contribution in [1.29, 1.82) is 0 Å². The lowest BCUT2D eigenvalue weighted by Crippen LogP contribution is -2.38. The minimum atomic E-state index is -0.120. The van der Waals surface area contributed by atoms with Crippen molar-refractivity contribution in [1.82, 2.24) is 19.9 Å². The van der Waals surface area contributed by atoms with Crippen LogP contribution in [0.25, 0.3) is 11.4 Å². The first-order valence-electron chi connectivity index (χ1n) is 7.04. The molecule has 1 aliphatic heterocycles. The minimum absolute atomic E-state index is 0.0167.